The molecule has 4 heteroatoms. The third kappa shape index (κ3) is 2.52. The van der Waals surface area contributed by atoms with E-state index in [-0.39, 0.29) is 17.2 Å². The van der Waals surface area contributed by atoms with E-state index in [9.17, 15) is 4.79 Å². The zero-order valence-corrected chi connectivity index (χ0v) is 10.4. The average Bonchev–Trinajstić information content (AvgIpc) is 2.43. The Hall–Kier alpha value is -0.540. The van der Waals surface area contributed by atoms with Crippen LogP contribution in [-0.2, 0) is 4.79 Å². The fourth-order valence-corrected chi connectivity index (χ4v) is 3.07. The van der Waals surface area contributed by atoms with Crippen LogP contribution < -0.4 is 0 Å². The van der Waals surface area contributed by atoms with Crippen LogP contribution >= 0.6 is 24.2 Å². The molecular formula is C11H14ClNOS. The summed E-state index contributed by atoms with van der Waals surface area (Å²) in [4.78, 5) is 15.7. The maximum absolute atomic E-state index is 11.6. The zero-order chi connectivity index (χ0) is 10.2. The van der Waals surface area contributed by atoms with E-state index < -0.39 is 0 Å². The summed E-state index contributed by atoms with van der Waals surface area (Å²) in [7, 11) is 0. The van der Waals surface area contributed by atoms with Crippen LogP contribution in [0.25, 0.3) is 0 Å². The van der Waals surface area contributed by atoms with E-state index in [1.807, 2.05) is 32.2 Å². The van der Waals surface area contributed by atoms with Crippen LogP contribution in [0.4, 0.5) is 0 Å². The average molecular weight is 244 g/mol. The van der Waals surface area contributed by atoms with Crippen LogP contribution in [0.3, 0.4) is 0 Å². The Labute approximate surface area is 100 Å². The van der Waals surface area contributed by atoms with Gasteiger partial charge in [0.2, 0.25) is 0 Å². The van der Waals surface area contributed by atoms with E-state index in [1.54, 1.807) is 18.0 Å². The van der Waals surface area contributed by atoms with Crippen molar-refractivity contribution in [3.8, 4) is 0 Å². The number of halogens is 1. The van der Waals surface area contributed by atoms with Gasteiger partial charge in [-0.05, 0) is 25.5 Å². The van der Waals surface area contributed by atoms with Gasteiger partial charge < -0.3 is 0 Å². The van der Waals surface area contributed by atoms with Gasteiger partial charge in [-0.3, -0.25) is 9.78 Å². The molecule has 1 fully saturated rings. The number of carbonyl (C=O) groups excluding carboxylic acids is 1. The molecule has 2 rings (SSSR count). The number of Topliss-reactive ketones (excluding diaryl/α,β-unsaturated/α-hetero) is 1. The molecule has 0 bridgehead atoms. The van der Waals surface area contributed by atoms with Gasteiger partial charge in [-0.25, -0.2) is 0 Å². The molecule has 2 heterocycles. The molecule has 0 radical (unpaired) electrons. The minimum Gasteiger partial charge on any atom is -0.298 e. The van der Waals surface area contributed by atoms with Crippen LogP contribution in [0.5, 0.6) is 0 Å². The Kier molecular flexibility index (Phi) is 3.79. The van der Waals surface area contributed by atoms with Gasteiger partial charge in [-0.1, -0.05) is 6.07 Å². The maximum Gasteiger partial charge on any atom is 0.149 e. The Balaban J connectivity index is 0.00000112. The highest BCUT2D eigenvalue weighted by atomic mass is 35.5. The molecule has 2 nitrogen and oxygen atoms in total. The molecule has 82 valence electrons. The first-order valence-corrected chi connectivity index (χ1v) is 5.58. The smallest absolute Gasteiger partial charge is 0.149 e. The highest BCUT2D eigenvalue weighted by molar-refractivity contribution is 8.02. The minimum atomic E-state index is -0.222. The van der Waals surface area contributed by atoms with Crippen LogP contribution in [0.15, 0.2) is 24.5 Å². The first-order chi connectivity index (χ1) is 6.59. The van der Waals surface area contributed by atoms with E-state index in [1.165, 1.54) is 0 Å². The lowest BCUT2D eigenvalue weighted by molar-refractivity contribution is -0.119. The Morgan fingerprint density at radius 2 is 2.27 bits per heavy atom. The summed E-state index contributed by atoms with van der Waals surface area (Å²) in [5, 5.41) is 0.297. The molecule has 0 amide bonds. The topological polar surface area (TPSA) is 30.0 Å². The highest BCUT2D eigenvalue weighted by Gasteiger charge is 2.40. The molecule has 15 heavy (non-hydrogen) atoms. The van der Waals surface area contributed by atoms with Crippen molar-refractivity contribution in [3.63, 3.8) is 0 Å². The van der Waals surface area contributed by atoms with Crippen molar-refractivity contribution in [3.05, 3.63) is 30.1 Å². The van der Waals surface area contributed by atoms with Crippen LogP contribution in [0.1, 0.15) is 31.1 Å². The summed E-state index contributed by atoms with van der Waals surface area (Å²) in [6.45, 7) is 3.99. The fourth-order valence-electron chi connectivity index (χ4n) is 1.63. The lowest BCUT2D eigenvalue weighted by Crippen LogP contribution is -2.20. The van der Waals surface area contributed by atoms with Crippen LogP contribution in [0.2, 0.25) is 0 Å². The summed E-state index contributed by atoms with van der Waals surface area (Å²) in [6, 6.07) is 3.96. The lowest BCUT2D eigenvalue weighted by atomic mass is 10.0. The number of hydrogen-bond donors (Lipinski definition) is 0. The second-order valence-electron chi connectivity index (χ2n) is 4.03. The summed E-state index contributed by atoms with van der Waals surface area (Å²) in [5.41, 5.74) is 1.16. The summed E-state index contributed by atoms with van der Waals surface area (Å²) < 4.78 is -0.222. The molecule has 0 aliphatic carbocycles. The molecule has 1 aromatic rings. The van der Waals surface area contributed by atoms with Gasteiger partial charge in [-0.2, -0.15) is 0 Å². The predicted octanol–water partition coefficient (Wildman–Crippen LogP) is 3.03. The maximum atomic E-state index is 11.6. The van der Waals surface area contributed by atoms with Gasteiger partial charge in [0.25, 0.3) is 0 Å². The molecule has 1 aliphatic heterocycles. The number of carbonyl (C=O) groups is 1. The second-order valence-corrected chi connectivity index (χ2v) is 5.86. The third-order valence-corrected chi connectivity index (χ3v) is 4.08. The first-order valence-electron chi connectivity index (χ1n) is 4.70. The van der Waals surface area contributed by atoms with Gasteiger partial charge in [0.1, 0.15) is 5.78 Å². The van der Waals surface area contributed by atoms with Gasteiger partial charge in [-0.15, -0.1) is 24.2 Å². The molecule has 0 aromatic carbocycles. The molecule has 1 aromatic heterocycles. The van der Waals surface area contributed by atoms with Crippen LogP contribution in [-0.4, -0.2) is 15.5 Å². The standard InChI is InChI=1S/C11H13NOS.ClH/c1-11(2)10(13)6-9(14-11)8-4-3-5-12-7-8;/h3-5,7,9H,6H2,1-2H3;1H. The highest BCUT2D eigenvalue weighted by Crippen LogP contribution is 2.48. The van der Waals surface area contributed by atoms with E-state index in [2.05, 4.69) is 4.98 Å². The third-order valence-electron chi connectivity index (χ3n) is 2.54. The fraction of sp³-hybridized carbons (Fsp3) is 0.455. The number of ketones is 1. The van der Waals surface area contributed by atoms with Crippen molar-refractivity contribution in [2.45, 2.75) is 30.3 Å². The summed E-state index contributed by atoms with van der Waals surface area (Å²) >= 11 is 1.74. The molecule has 1 aliphatic rings. The van der Waals surface area contributed by atoms with Gasteiger partial charge in [0, 0.05) is 24.1 Å². The number of thioether (sulfide) groups is 1. The van der Waals surface area contributed by atoms with Crippen molar-refractivity contribution in [2.24, 2.45) is 0 Å². The van der Waals surface area contributed by atoms with Crippen molar-refractivity contribution < 1.29 is 4.79 Å². The van der Waals surface area contributed by atoms with Crippen LogP contribution in [0, 0.1) is 0 Å². The molecule has 0 N–H and O–H groups in total. The molecular weight excluding hydrogens is 230 g/mol. The number of pyridine rings is 1. The Bertz CT molecular complexity index is 353. The Morgan fingerprint density at radius 3 is 2.73 bits per heavy atom. The minimum absolute atomic E-state index is 0. The number of nitrogens with zero attached hydrogens (tertiary/aromatic N) is 1. The number of rotatable bonds is 1. The quantitative estimate of drug-likeness (QED) is 0.760. The largest absolute Gasteiger partial charge is 0.298 e. The monoisotopic (exact) mass is 243 g/mol. The van der Waals surface area contributed by atoms with Crippen molar-refractivity contribution in [1.82, 2.24) is 4.98 Å². The number of hydrogen-bond acceptors (Lipinski definition) is 3. The SMILES string of the molecule is CC1(C)SC(c2cccnc2)CC1=O.Cl. The normalized spacial score (nSPS) is 23.6. The van der Waals surface area contributed by atoms with E-state index in [4.69, 9.17) is 0 Å². The van der Waals surface area contributed by atoms with Crippen molar-refractivity contribution >= 4 is 30.0 Å². The van der Waals surface area contributed by atoms with Gasteiger partial charge in [0.15, 0.2) is 0 Å². The molecule has 1 atom stereocenters. The first kappa shape index (κ1) is 12.5. The molecule has 1 saturated heterocycles. The van der Waals surface area contributed by atoms with Gasteiger partial charge >= 0.3 is 0 Å². The Morgan fingerprint density at radius 1 is 1.53 bits per heavy atom. The predicted molar refractivity (Wildman–Crippen MR) is 65.5 cm³/mol. The molecule has 0 saturated carbocycles. The molecule has 0 spiro atoms. The zero-order valence-electron chi connectivity index (χ0n) is 8.77. The van der Waals surface area contributed by atoms with Gasteiger partial charge in [0.05, 0.1) is 4.75 Å². The van der Waals surface area contributed by atoms with E-state index in [0.717, 1.165) is 5.56 Å². The molecule has 1 unspecified atom stereocenters. The van der Waals surface area contributed by atoms with Crippen molar-refractivity contribution in [1.29, 1.82) is 0 Å². The van der Waals surface area contributed by atoms with E-state index >= 15 is 0 Å². The van der Waals surface area contributed by atoms with E-state index in [0.29, 0.717) is 17.5 Å². The summed E-state index contributed by atoms with van der Waals surface area (Å²) in [5.74, 6) is 0.344. The van der Waals surface area contributed by atoms with Crippen molar-refractivity contribution in [2.75, 3.05) is 0 Å². The second kappa shape index (κ2) is 4.54. The summed E-state index contributed by atoms with van der Waals surface area (Å²) in [6.07, 6.45) is 4.26. The lowest BCUT2D eigenvalue weighted by Gasteiger charge is -2.14. The number of aromatic nitrogens is 1.